The van der Waals surface area contributed by atoms with Gasteiger partial charge in [0.2, 0.25) is 5.03 Å². The zero-order valence-corrected chi connectivity index (χ0v) is 16.7. The molecule has 9 nitrogen and oxygen atoms in total. The Morgan fingerprint density at radius 3 is 2.50 bits per heavy atom. The van der Waals surface area contributed by atoms with Gasteiger partial charge in [-0.3, -0.25) is 9.58 Å². The molecule has 3 heterocycles. The Kier molecular flexibility index (Phi) is 4.94. The van der Waals surface area contributed by atoms with Crippen molar-refractivity contribution >= 4 is 16.1 Å². The minimum Gasteiger partial charge on any atom is -0.444 e. The third-order valence-electron chi connectivity index (χ3n) is 3.92. The molecule has 12 heteroatoms. The number of rotatable bonds is 4. The summed E-state index contributed by atoms with van der Waals surface area (Å²) in [4.78, 5) is 13.6. The first-order valence-corrected chi connectivity index (χ1v) is 9.94. The molecule has 0 radical (unpaired) electrons. The van der Waals surface area contributed by atoms with Gasteiger partial charge in [0, 0.05) is 23.5 Å². The van der Waals surface area contributed by atoms with Gasteiger partial charge in [-0.25, -0.2) is 13.6 Å². The van der Waals surface area contributed by atoms with Crippen molar-refractivity contribution in [1.29, 1.82) is 0 Å². The van der Waals surface area contributed by atoms with Crippen LogP contribution in [0, 0.1) is 6.92 Å². The van der Waals surface area contributed by atoms with Crippen LogP contribution in [0.4, 0.5) is 13.6 Å². The number of hydrogen-bond donors (Lipinski definition) is 0. The molecule has 0 aliphatic carbocycles. The summed E-state index contributed by atoms with van der Waals surface area (Å²) >= 11 is 0. The fourth-order valence-electron chi connectivity index (χ4n) is 2.79. The summed E-state index contributed by atoms with van der Waals surface area (Å²) in [6.07, 6.45) is -0.607. The summed E-state index contributed by atoms with van der Waals surface area (Å²) in [5.74, 6) is 0. The predicted molar refractivity (Wildman–Crippen MR) is 93.3 cm³/mol. The molecule has 0 bridgehead atoms. The van der Waals surface area contributed by atoms with Crippen molar-refractivity contribution in [3.63, 3.8) is 0 Å². The van der Waals surface area contributed by atoms with Crippen molar-refractivity contribution < 1.29 is 26.7 Å². The summed E-state index contributed by atoms with van der Waals surface area (Å²) in [5, 5.41) is 7.49. The van der Waals surface area contributed by atoms with Crippen LogP contribution in [-0.4, -0.2) is 50.4 Å². The summed E-state index contributed by atoms with van der Waals surface area (Å²) in [6, 6.07) is 0. The van der Waals surface area contributed by atoms with Gasteiger partial charge in [-0.2, -0.15) is 22.7 Å². The lowest BCUT2D eigenvalue weighted by Crippen LogP contribution is -2.33. The van der Waals surface area contributed by atoms with Crippen LogP contribution < -0.4 is 0 Å². The molecule has 1 aliphatic rings. The van der Waals surface area contributed by atoms with Crippen molar-refractivity contribution in [3.05, 3.63) is 29.2 Å². The minimum atomic E-state index is -4.13. The fourth-order valence-corrected chi connectivity index (χ4v) is 4.10. The average Bonchev–Trinajstić information content (AvgIpc) is 3.17. The van der Waals surface area contributed by atoms with Gasteiger partial charge in [0.25, 0.3) is 6.43 Å². The van der Waals surface area contributed by atoms with Crippen LogP contribution in [0.1, 0.15) is 37.6 Å². The van der Waals surface area contributed by atoms with Crippen LogP contribution in [0.2, 0.25) is 0 Å². The Morgan fingerprint density at radius 1 is 1.25 bits per heavy atom. The fraction of sp³-hybridized carbons (Fsp3) is 0.562. The highest BCUT2D eigenvalue weighted by Crippen LogP contribution is 2.26. The number of alkyl halides is 2. The van der Waals surface area contributed by atoms with Crippen molar-refractivity contribution in [2.75, 3.05) is 0 Å². The molecule has 0 saturated heterocycles. The van der Waals surface area contributed by atoms with E-state index in [4.69, 9.17) is 4.74 Å². The van der Waals surface area contributed by atoms with Crippen LogP contribution in [0.25, 0.3) is 0 Å². The summed E-state index contributed by atoms with van der Waals surface area (Å²) in [7, 11) is -4.13. The van der Waals surface area contributed by atoms with Gasteiger partial charge in [0.15, 0.2) is 0 Å². The summed E-state index contributed by atoms with van der Waals surface area (Å²) < 4.78 is 57.6. The zero-order valence-electron chi connectivity index (χ0n) is 15.9. The standard InChI is InChI=1S/C16H21F2N5O4S/c1-10-5-22(9-13(17)18)20-14(10)28(25,26)23-7-11-6-21(8-12(11)19-23)15(24)27-16(2,3)4/h5,7,13H,6,8-9H2,1-4H3. The molecule has 0 spiro atoms. The molecule has 2 aromatic heterocycles. The molecule has 28 heavy (non-hydrogen) atoms. The van der Waals surface area contributed by atoms with Gasteiger partial charge in [0.1, 0.15) is 12.1 Å². The normalized spacial score (nSPS) is 14.6. The maximum Gasteiger partial charge on any atom is 0.410 e. The van der Waals surface area contributed by atoms with Crippen molar-refractivity contribution in [3.8, 4) is 0 Å². The van der Waals surface area contributed by atoms with Crippen LogP contribution in [0.15, 0.2) is 17.4 Å². The number of amides is 1. The van der Waals surface area contributed by atoms with Gasteiger partial charge in [-0.05, 0) is 27.7 Å². The topological polar surface area (TPSA) is 99.3 Å². The highest BCUT2D eigenvalue weighted by molar-refractivity contribution is 7.89. The second kappa shape index (κ2) is 6.83. The molecule has 1 amide bonds. The number of halogens is 2. The van der Waals surface area contributed by atoms with E-state index in [1.807, 2.05) is 0 Å². The number of carbonyl (C=O) groups excluding carboxylic acids is 1. The second-order valence-corrected chi connectivity index (χ2v) is 9.26. The first-order valence-electron chi connectivity index (χ1n) is 8.50. The number of aromatic nitrogens is 4. The summed E-state index contributed by atoms with van der Waals surface area (Å²) in [5.41, 5.74) is 0.597. The molecular formula is C16H21F2N5O4S. The Hall–Kier alpha value is -2.50. The lowest BCUT2D eigenvalue weighted by molar-refractivity contribution is 0.0239. The number of aryl methyl sites for hydroxylation is 1. The number of hydrogen-bond acceptors (Lipinski definition) is 6. The SMILES string of the molecule is Cc1cn(CC(F)F)nc1S(=O)(=O)n1cc2c(n1)CN(C(=O)OC(C)(C)C)C2. The number of ether oxygens (including phenoxy) is 1. The minimum absolute atomic E-state index is 0.117. The van der Waals surface area contributed by atoms with E-state index in [0.717, 1.165) is 8.77 Å². The average molecular weight is 417 g/mol. The maximum absolute atomic E-state index is 12.8. The molecule has 0 fully saturated rings. The van der Waals surface area contributed by atoms with E-state index in [0.29, 0.717) is 11.3 Å². The highest BCUT2D eigenvalue weighted by atomic mass is 32.2. The number of nitrogens with zero attached hydrogens (tertiary/aromatic N) is 5. The van der Waals surface area contributed by atoms with Crippen LogP contribution in [0.3, 0.4) is 0 Å². The van der Waals surface area contributed by atoms with E-state index in [9.17, 15) is 22.0 Å². The van der Waals surface area contributed by atoms with Crippen molar-refractivity contribution in [1.82, 2.24) is 23.9 Å². The van der Waals surface area contributed by atoms with E-state index in [1.54, 1.807) is 20.8 Å². The van der Waals surface area contributed by atoms with Gasteiger partial charge in [0.05, 0.1) is 18.8 Å². The Labute approximate surface area is 160 Å². The molecular weight excluding hydrogens is 396 g/mol. The van der Waals surface area contributed by atoms with Crippen LogP contribution >= 0.6 is 0 Å². The van der Waals surface area contributed by atoms with Gasteiger partial charge >= 0.3 is 16.1 Å². The van der Waals surface area contributed by atoms with Crippen LogP contribution in [-0.2, 0) is 34.4 Å². The molecule has 3 rings (SSSR count). The van der Waals surface area contributed by atoms with Crippen molar-refractivity contribution in [2.24, 2.45) is 0 Å². The van der Waals surface area contributed by atoms with Gasteiger partial charge in [-0.1, -0.05) is 0 Å². The monoisotopic (exact) mass is 417 g/mol. The molecule has 0 unspecified atom stereocenters. The quantitative estimate of drug-likeness (QED) is 0.756. The van der Waals surface area contributed by atoms with Gasteiger partial charge < -0.3 is 4.74 Å². The highest BCUT2D eigenvalue weighted by Gasteiger charge is 2.33. The maximum atomic E-state index is 12.8. The van der Waals surface area contributed by atoms with Crippen LogP contribution in [0.5, 0.6) is 0 Å². The molecule has 0 atom stereocenters. The van der Waals surface area contributed by atoms with E-state index >= 15 is 0 Å². The third-order valence-corrected chi connectivity index (χ3v) is 5.50. The largest absolute Gasteiger partial charge is 0.444 e. The first-order chi connectivity index (χ1) is 12.9. The van der Waals surface area contributed by atoms with Gasteiger partial charge in [-0.15, -0.1) is 0 Å². The van der Waals surface area contributed by atoms with E-state index in [1.165, 1.54) is 24.2 Å². The Morgan fingerprint density at radius 2 is 1.93 bits per heavy atom. The molecule has 0 N–H and O–H groups in total. The number of carbonyl (C=O) groups is 1. The molecule has 154 valence electrons. The molecule has 0 aromatic carbocycles. The molecule has 1 aliphatic heterocycles. The van der Waals surface area contributed by atoms with Crippen molar-refractivity contribution in [2.45, 2.75) is 64.4 Å². The third kappa shape index (κ3) is 4.01. The first kappa shape index (κ1) is 20.2. The smallest absolute Gasteiger partial charge is 0.410 e. The van der Waals surface area contributed by atoms with E-state index in [-0.39, 0.29) is 23.7 Å². The lowest BCUT2D eigenvalue weighted by Gasteiger charge is -2.24. The zero-order chi connectivity index (χ0) is 20.9. The molecule has 0 saturated carbocycles. The van der Waals surface area contributed by atoms with E-state index in [2.05, 4.69) is 10.2 Å². The number of fused-ring (bicyclic) bond motifs is 1. The van der Waals surface area contributed by atoms with E-state index < -0.39 is 34.7 Å². The Bertz CT molecular complexity index is 983. The second-order valence-electron chi connectivity index (χ2n) is 7.55. The summed E-state index contributed by atoms with van der Waals surface area (Å²) in [6.45, 7) is 6.32. The lowest BCUT2D eigenvalue weighted by atomic mass is 10.2. The molecule has 2 aromatic rings. The predicted octanol–water partition coefficient (Wildman–Crippen LogP) is 2.14. The Balaban J connectivity index is 1.80.